The van der Waals surface area contributed by atoms with Crippen LogP contribution < -0.4 is 0 Å². The molecule has 0 atom stereocenters. The fourth-order valence-corrected chi connectivity index (χ4v) is 2.12. The zero-order valence-electron chi connectivity index (χ0n) is 8.00. The van der Waals surface area contributed by atoms with Gasteiger partial charge in [-0.3, -0.25) is 0 Å². The van der Waals surface area contributed by atoms with Gasteiger partial charge < -0.3 is 5.11 Å². The summed E-state index contributed by atoms with van der Waals surface area (Å²) >= 11 is 5.68. The summed E-state index contributed by atoms with van der Waals surface area (Å²) in [7, 11) is 1.59. The first-order chi connectivity index (χ1) is 6.79. The van der Waals surface area contributed by atoms with Gasteiger partial charge in [-0.05, 0) is 36.6 Å². The number of hydrogen-bond donors (Lipinski definition) is 1. The lowest BCUT2D eigenvalue weighted by Gasteiger charge is -2.06. The van der Waals surface area contributed by atoms with E-state index >= 15 is 0 Å². The van der Waals surface area contributed by atoms with Crippen LogP contribution in [0, 0.1) is 6.92 Å². The maximum absolute atomic E-state index is 10.7. The Bertz CT molecular complexity index is 468. The highest BCUT2D eigenvalue weighted by Crippen LogP contribution is 2.27. The predicted molar refractivity (Wildman–Crippen MR) is 61.2 cm³/mol. The number of hydrogen-bond acceptors (Lipinski definition) is 3. The Balaban J connectivity index is 2.91. The first-order valence-electron chi connectivity index (χ1n) is 4.20. The molecule has 0 aromatic heterocycles. The zero-order valence-corrected chi connectivity index (χ0v) is 10.3. The summed E-state index contributed by atoms with van der Waals surface area (Å²) in [5, 5.41) is 9.59. The minimum absolute atomic E-state index is 0.0516. The van der Waals surface area contributed by atoms with Crippen LogP contribution in [0.1, 0.15) is 11.1 Å². The van der Waals surface area contributed by atoms with Crippen LogP contribution in [-0.4, -0.2) is 19.3 Å². The average molecular weight is 269 g/mol. The van der Waals surface area contributed by atoms with Gasteiger partial charge in [-0.1, -0.05) is 11.6 Å². The maximum Gasteiger partial charge on any atom is 0.232 e. The van der Waals surface area contributed by atoms with Crippen molar-refractivity contribution >= 4 is 31.3 Å². The van der Waals surface area contributed by atoms with Gasteiger partial charge in [-0.25, -0.2) is 8.42 Å². The van der Waals surface area contributed by atoms with Crippen LogP contribution in [0.2, 0.25) is 5.02 Å². The third kappa shape index (κ3) is 3.89. The molecule has 0 aliphatic heterocycles. The van der Waals surface area contributed by atoms with Crippen LogP contribution in [0.15, 0.2) is 12.1 Å². The number of halogens is 2. The van der Waals surface area contributed by atoms with Gasteiger partial charge in [0, 0.05) is 10.7 Å². The summed E-state index contributed by atoms with van der Waals surface area (Å²) in [5.74, 6) is -0.208. The van der Waals surface area contributed by atoms with Crippen LogP contribution in [0.3, 0.4) is 0 Å². The highest BCUT2D eigenvalue weighted by Gasteiger charge is 2.09. The second-order valence-electron chi connectivity index (χ2n) is 3.22. The summed E-state index contributed by atoms with van der Waals surface area (Å²) in [5.41, 5.74) is 1.55. The van der Waals surface area contributed by atoms with E-state index in [1.807, 2.05) is 0 Å². The fourth-order valence-electron chi connectivity index (χ4n) is 1.21. The Morgan fingerprint density at radius 2 is 2.00 bits per heavy atom. The molecule has 1 aromatic carbocycles. The highest BCUT2D eigenvalue weighted by molar-refractivity contribution is 8.13. The Morgan fingerprint density at radius 1 is 1.40 bits per heavy atom. The van der Waals surface area contributed by atoms with Gasteiger partial charge in [0.2, 0.25) is 9.05 Å². The van der Waals surface area contributed by atoms with Crippen molar-refractivity contribution < 1.29 is 13.5 Å². The monoisotopic (exact) mass is 268 g/mol. The number of phenolic OH excluding ortho intramolecular Hbond substituents is 1. The van der Waals surface area contributed by atoms with Gasteiger partial charge in [0.15, 0.2) is 0 Å². The minimum atomic E-state index is -3.50. The van der Waals surface area contributed by atoms with Crippen molar-refractivity contribution in [2.75, 3.05) is 5.75 Å². The zero-order chi connectivity index (χ0) is 11.6. The maximum atomic E-state index is 10.7. The van der Waals surface area contributed by atoms with E-state index < -0.39 is 9.05 Å². The van der Waals surface area contributed by atoms with Gasteiger partial charge in [0.25, 0.3) is 0 Å². The van der Waals surface area contributed by atoms with Crippen LogP contribution in [0.25, 0.3) is 0 Å². The molecule has 84 valence electrons. The molecule has 1 rings (SSSR count). The van der Waals surface area contributed by atoms with E-state index in [0.29, 0.717) is 0 Å². The minimum Gasteiger partial charge on any atom is -0.506 e. The lowest BCUT2D eigenvalue weighted by molar-refractivity contribution is 0.474. The van der Waals surface area contributed by atoms with E-state index in [2.05, 4.69) is 0 Å². The van der Waals surface area contributed by atoms with Crippen LogP contribution >= 0.6 is 22.3 Å². The molecule has 0 fully saturated rings. The average Bonchev–Trinajstić information content (AvgIpc) is 2.07. The molecule has 0 aliphatic rings. The molecular formula is C9H10Cl2O3S. The summed E-state index contributed by atoms with van der Waals surface area (Å²) in [6, 6.07) is 3.05. The van der Waals surface area contributed by atoms with Crippen molar-refractivity contribution in [2.45, 2.75) is 13.3 Å². The number of phenols is 1. The molecule has 1 aromatic rings. The Kier molecular flexibility index (Phi) is 3.87. The van der Waals surface area contributed by atoms with E-state index in [-0.39, 0.29) is 22.9 Å². The summed E-state index contributed by atoms with van der Waals surface area (Å²) in [6.45, 7) is 1.79. The van der Waals surface area contributed by atoms with Crippen molar-refractivity contribution in [1.82, 2.24) is 0 Å². The smallest absolute Gasteiger partial charge is 0.232 e. The van der Waals surface area contributed by atoms with Crippen LogP contribution in [0.4, 0.5) is 0 Å². The van der Waals surface area contributed by atoms with E-state index in [0.717, 1.165) is 11.1 Å². The third-order valence-electron chi connectivity index (χ3n) is 2.02. The number of benzene rings is 1. The molecule has 0 aliphatic carbocycles. The topological polar surface area (TPSA) is 54.4 Å². The highest BCUT2D eigenvalue weighted by atomic mass is 35.7. The first kappa shape index (κ1) is 12.6. The molecule has 0 spiro atoms. The van der Waals surface area contributed by atoms with Gasteiger partial charge in [0.1, 0.15) is 5.75 Å². The standard InChI is InChI=1S/C9H10Cl2O3S/c1-6-4-8(10)9(12)5-7(6)2-3-15(11,13)14/h4-5,12H,2-3H2,1H3. The molecule has 0 unspecified atom stereocenters. The van der Waals surface area contributed by atoms with Gasteiger partial charge in [-0.15, -0.1) is 0 Å². The third-order valence-corrected chi connectivity index (χ3v) is 3.48. The summed E-state index contributed by atoms with van der Waals surface area (Å²) in [4.78, 5) is 0. The van der Waals surface area contributed by atoms with Gasteiger partial charge in [-0.2, -0.15) is 0 Å². The molecule has 0 heterocycles. The first-order valence-corrected chi connectivity index (χ1v) is 7.05. The quantitative estimate of drug-likeness (QED) is 0.857. The van der Waals surface area contributed by atoms with E-state index in [4.69, 9.17) is 22.3 Å². The molecule has 0 amide bonds. The molecule has 3 nitrogen and oxygen atoms in total. The Hall–Kier alpha value is -0.450. The molecule has 15 heavy (non-hydrogen) atoms. The van der Waals surface area contributed by atoms with Gasteiger partial charge in [0.05, 0.1) is 10.8 Å². The molecule has 6 heteroatoms. The van der Waals surface area contributed by atoms with Crippen molar-refractivity contribution in [3.05, 3.63) is 28.3 Å². The SMILES string of the molecule is Cc1cc(Cl)c(O)cc1CCS(=O)(=O)Cl. The van der Waals surface area contributed by atoms with E-state index in [1.165, 1.54) is 6.07 Å². The normalized spacial score (nSPS) is 11.7. The van der Waals surface area contributed by atoms with Crippen molar-refractivity contribution in [3.63, 3.8) is 0 Å². The lowest BCUT2D eigenvalue weighted by Crippen LogP contribution is -2.02. The van der Waals surface area contributed by atoms with Crippen LogP contribution in [0.5, 0.6) is 5.75 Å². The number of aryl methyl sites for hydroxylation is 2. The molecule has 0 saturated carbocycles. The second kappa shape index (κ2) is 4.60. The Morgan fingerprint density at radius 3 is 2.53 bits per heavy atom. The van der Waals surface area contributed by atoms with Crippen molar-refractivity contribution in [1.29, 1.82) is 0 Å². The lowest BCUT2D eigenvalue weighted by atomic mass is 10.1. The molecule has 0 bridgehead atoms. The largest absolute Gasteiger partial charge is 0.506 e. The van der Waals surface area contributed by atoms with Crippen molar-refractivity contribution in [2.24, 2.45) is 0 Å². The number of rotatable bonds is 3. The molecule has 0 radical (unpaired) electrons. The predicted octanol–water partition coefficient (Wildman–Crippen LogP) is 2.47. The molecular weight excluding hydrogens is 259 g/mol. The summed E-state index contributed by atoms with van der Waals surface area (Å²) < 4.78 is 21.5. The fraction of sp³-hybridized carbons (Fsp3) is 0.333. The van der Waals surface area contributed by atoms with Crippen molar-refractivity contribution in [3.8, 4) is 5.75 Å². The summed E-state index contributed by atoms with van der Waals surface area (Å²) in [6.07, 6.45) is 0.266. The van der Waals surface area contributed by atoms with E-state index in [9.17, 15) is 13.5 Å². The second-order valence-corrected chi connectivity index (χ2v) is 6.53. The van der Waals surface area contributed by atoms with Gasteiger partial charge >= 0.3 is 0 Å². The van der Waals surface area contributed by atoms with E-state index in [1.54, 1.807) is 13.0 Å². The molecule has 1 N–H and O–H groups in total. The van der Waals surface area contributed by atoms with Crippen LogP contribution in [-0.2, 0) is 15.5 Å². The molecule has 0 saturated heterocycles. The number of aromatic hydroxyl groups is 1. The Labute approximate surface area is 98.1 Å².